The summed E-state index contributed by atoms with van der Waals surface area (Å²) < 4.78 is 4.69. The van der Waals surface area contributed by atoms with Gasteiger partial charge in [-0.25, -0.2) is 4.79 Å². The summed E-state index contributed by atoms with van der Waals surface area (Å²) in [6, 6.07) is 8.89. The molecule has 2 aliphatic carbocycles. The van der Waals surface area contributed by atoms with Crippen LogP contribution in [0.4, 0.5) is 4.79 Å². The molecule has 2 amide bonds. The number of carbonyl (C=O) groups excluding carboxylic acids is 2. The van der Waals surface area contributed by atoms with Crippen LogP contribution in [0.1, 0.15) is 42.9 Å². The van der Waals surface area contributed by atoms with Crippen LogP contribution in [-0.4, -0.2) is 48.5 Å². The van der Waals surface area contributed by atoms with E-state index in [4.69, 9.17) is 0 Å². The molecule has 2 aliphatic rings. The Labute approximate surface area is 137 Å². The quantitative estimate of drug-likeness (QED) is 0.858. The van der Waals surface area contributed by atoms with Gasteiger partial charge in [-0.3, -0.25) is 4.79 Å². The maximum Gasteiger partial charge on any atom is 0.409 e. The summed E-state index contributed by atoms with van der Waals surface area (Å²) in [7, 11) is 2.93. The second-order valence-corrected chi connectivity index (χ2v) is 6.47. The van der Waals surface area contributed by atoms with E-state index in [9.17, 15) is 9.59 Å². The van der Waals surface area contributed by atoms with Gasteiger partial charge in [0.25, 0.3) is 0 Å². The predicted molar refractivity (Wildman–Crippen MR) is 87.0 cm³/mol. The molecule has 1 aromatic rings. The second kappa shape index (κ2) is 6.60. The van der Waals surface area contributed by atoms with Gasteiger partial charge in [0.15, 0.2) is 0 Å². The van der Waals surface area contributed by atoms with Crippen LogP contribution in [0.15, 0.2) is 24.3 Å². The minimum absolute atomic E-state index is 0.0158. The number of nitrogens with zero attached hydrogens (tertiary/aromatic N) is 2. The van der Waals surface area contributed by atoms with Crippen molar-refractivity contribution < 1.29 is 14.3 Å². The Morgan fingerprint density at radius 1 is 1.22 bits per heavy atom. The van der Waals surface area contributed by atoms with Gasteiger partial charge in [0.05, 0.1) is 13.2 Å². The number of amides is 2. The van der Waals surface area contributed by atoms with Gasteiger partial charge in [0.2, 0.25) is 5.91 Å². The fourth-order valence-corrected chi connectivity index (χ4v) is 3.51. The lowest BCUT2D eigenvalue weighted by Gasteiger charge is -2.37. The zero-order chi connectivity index (χ0) is 16.4. The van der Waals surface area contributed by atoms with Gasteiger partial charge in [0, 0.05) is 13.1 Å². The molecular formula is C18H24N2O3. The summed E-state index contributed by atoms with van der Waals surface area (Å²) in [5.74, 6) is 0.0158. The van der Waals surface area contributed by atoms with Crippen LogP contribution in [0.25, 0.3) is 0 Å². The van der Waals surface area contributed by atoms with Crippen LogP contribution < -0.4 is 0 Å². The fourth-order valence-electron chi connectivity index (χ4n) is 3.51. The van der Waals surface area contributed by atoms with E-state index in [-0.39, 0.29) is 18.5 Å². The highest BCUT2D eigenvalue weighted by molar-refractivity contribution is 5.83. The Bertz CT molecular complexity index is 598. The third-order valence-electron chi connectivity index (χ3n) is 4.76. The number of ether oxygens (including phenoxy) is 1. The summed E-state index contributed by atoms with van der Waals surface area (Å²) in [5.41, 5.74) is 2.63. The number of hydrogen-bond acceptors (Lipinski definition) is 3. The van der Waals surface area contributed by atoms with Crippen LogP contribution in [-0.2, 0) is 16.0 Å². The largest absolute Gasteiger partial charge is 0.453 e. The van der Waals surface area contributed by atoms with Crippen molar-refractivity contribution in [3.05, 3.63) is 35.4 Å². The summed E-state index contributed by atoms with van der Waals surface area (Å²) in [6.45, 7) is 0.0713. The van der Waals surface area contributed by atoms with Gasteiger partial charge in [-0.15, -0.1) is 0 Å². The summed E-state index contributed by atoms with van der Waals surface area (Å²) in [4.78, 5) is 27.8. The number of fused-ring (bicyclic) bond motifs is 1. The molecule has 0 bridgehead atoms. The van der Waals surface area contributed by atoms with E-state index < -0.39 is 6.09 Å². The smallest absolute Gasteiger partial charge is 0.409 e. The molecule has 0 N–H and O–H groups in total. The van der Waals surface area contributed by atoms with Gasteiger partial charge in [-0.2, -0.15) is 0 Å². The Morgan fingerprint density at radius 3 is 2.65 bits per heavy atom. The first-order chi connectivity index (χ1) is 11.1. The highest BCUT2D eigenvalue weighted by atomic mass is 16.5. The first kappa shape index (κ1) is 15.8. The standard InChI is InChI=1S/C18H24N2O3/c1-19(18(22)23-2)12-17(21)20(14-10-11-14)16-9-5-7-13-6-3-4-8-15(13)16/h3-4,6,8,14,16H,5,7,9-12H2,1-2H3/t16-/m1/s1. The number of benzene rings is 1. The van der Waals surface area contributed by atoms with Gasteiger partial charge in [-0.05, 0) is 43.2 Å². The van der Waals surface area contributed by atoms with Gasteiger partial charge >= 0.3 is 6.09 Å². The minimum atomic E-state index is -0.474. The van der Waals surface area contributed by atoms with Gasteiger partial charge < -0.3 is 14.5 Å². The van der Waals surface area contributed by atoms with E-state index >= 15 is 0 Å². The molecule has 0 aromatic heterocycles. The average Bonchev–Trinajstić information content (AvgIpc) is 3.39. The van der Waals surface area contributed by atoms with Crippen molar-refractivity contribution in [1.29, 1.82) is 0 Å². The molecule has 1 aromatic carbocycles. The predicted octanol–water partition coefficient (Wildman–Crippen LogP) is 2.75. The molecule has 0 spiro atoms. The first-order valence-electron chi connectivity index (χ1n) is 8.30. The second-order valence-electron chi connectivity index (χ2n) is 6.47. The molecule has 1 saturated carbocycles. The van der Waals surface area contributed by atoms with E-state index in [1.54, 1.807) is 7.05 Å². The highest BCUT2D eigenvalue weighted by Crippen LogP contribution is 2.40. The van der Waals surface area contributed by atoms with Crippen LogP contribution >= 0.6 is 0 Å². The van der Waals surface area contributed by atoms with E-state index in [0.29, 0.717) is 6.04 Å². The minimum Gasteiger partial charge on any atom is -0.453 e. The molecule has 124 valence electrons. The maximum atomic E-state index is 12.8. The zero-order valence-electron chi connectivity index (χ0n) is 13.8. The average molecular weight is 316 g/mol. The molecule has 5 nitrogen and oxygen atoms in total. The maximum absolute atomic E-state index is 12.8. The molecular weight excluding hydrogens is 292 g/mol. The summed E-state index contributed by atoms with van der Waals surface area (Å²) in [6.07, 6.45) is 4.84. The van der Waals surface area contributed by atoms with Crippen molar-refractivity contribution in [3.63, 3.8) is 0 Å². The monoisotopic (exact) mass is 316 g/mol. The van der Waals surface area contributed by atoms with Crippen LogP contribution in [0.2, 0.25) is 0 Å². The van der Waals surface area contributed by atoms with Crippen LogP contribution in [0, 0.1) is 0 Å². The summed E-state index contributed by atoms with van der Waals surface area (Å²) in [5, 5.41) is 0. The highest BCUT2D eigenvalue weighted by Gasteiger charge is 2.39. The lowest BCUT2D eigenvalue weighted by atomic mass is 9.86. The molecule has 0 saturated heterocycles. The number of carbonyl (C=O) groups is 2. The van der Waals surface area contributed by atoms with E-state index in [1.807, 2.05) is 11.0 Å². The molecule has 0 unspecified atom stereocenters. The van der Waals surface area contributed by atoms with E-state index in [1.165, 1.54) is 23.1 Å². The van der Waals surface area contributed by atoms with Gasteiger partial charge in [-0.1, -0.05) is 24.3 Å². The zero-order valence-corrected chi connectivity index (χ0v) is 13.8. The third kappa shape index (κ3) is 3.33. The van der Waals surface area contributed by atoms with Crippen molar-refractivity contribution in [2.24, 2.45) is 0 Å². The number of aryl methyl sites for hydroxylation is 1. The van der Waals surface area contributed by atoms with E-state index in [0.717, 1.165) is 32.1 Å². The van der Waals surface area contributed by atoms with Crippen molar-refractivity contribution in [1.82, 2.24) is 9.80 Å². The molecule has 3 rings (SSSR count). The molecule has 23 heavy (non-hydrogen) atoms. The molecule has 1 atom stereocenters. The Balaban J connectivity index is 1.80. The molecule has 1 fully saturated rings. The normalized spacial score (nSPS) is 19.7. The Kier molecular flexibility index (Phi) is 4.55. The lowest BCUT2D eigenvalue weighted by molar-refractivity contribution is -0.135. The van der Waals surface area contributed by atoms with Crippen LogP contribution in [0.3, 0.4) is 0 Å². The SMILES string of the molecule is COC(=O)N(C)CC(=O)N(C1CC1)[C@@H]1CCCc2ccccc21. The Hall–Kier alpha value is -2.04. The molecule has 0 radical (unpaired) electrons. The van der Waals surface area contributed by atoms with Crippen molar-refractivity contribution in [3.8, 4) is 0 Å². The number of rotatable bonds is 4. The lowest BCUT2D eigenvalue weighted by Crippen LogP contribution is -2.44. The van der Waals surface area contributed by atoms with Crippen molar-refractivity contribution >= 4 is 12.0 Å². The molecule has 0 heterocycles. The fraction of sp³-hybridized carbons (Fsp3) is 0.556. The summed E-state index contributed by atoms with van der Waals surface area (Å²) >= 11 is 0. The third-order valence-corrected chi connectivity index (χ3v) is 4.76. The van der Waals surface area contributed by atoms with Gasteiger partial charge in [0.1, 0.15) is 6.54 Å². The number of methoxy groups -OCH3 is 1. The van der Waals surface area contributed by atoms with Crippen molar-refractivity contribution in [2.75, 3.05) is 20.7 Å². The van der Waals surface area contributed by atoms with E-state index in [2.05, 4.69) is 22.9 Å². The first-order valence-corrected chi connectivity index (χ1v) is 8.30. The topological polar surface area (TPSA) is 49.9 Å². The number of likely N-dealkylation sites (N-methyl/N-ethyl adjacent to an activating group) is 1. The van der Waals surface area contributed by atoms with Crippen LogP contribution in [0.5, 0.6) is 0 Å². The molecule has 0 aliphatic heterocycles. The van der Waals surface area contributed by atoms with Crippen molar-refractivity contribution in [2.45, 2.75) is 44.2 Å². The molecule has 5 heteroatoms. The number of hydrogen-bond donors (Lipinski definition) is 0. The Morgan fingerprint density at radius 2 is 1.96 bits per heavy atom.